The second-order valence-corrected chi connectivity index (χ2v) is 5.85. The van der Waals surface area contributed by atoms with Crippen LogP contribution in [0.25, 0.3) is 0 Å². The summed E-state index contributed by atoms with van der Waals surface area (Å²) >= 11 is 1.61. The molecule has 0 saturated carbocycles. The number of aromatic nitrogens is 1. The van der Waals surface area contributed by atoms with Gasteiger partial charge in [0.25, 0.3) is 5.91 Å². The molecule has 19 heavy (non-hydrogen) atoms. The third-order valence-electron chi connectivity index (χ3n) is 3.01. The number of anilines is 1. The minimum atomic E-state index is -0.0177. The van der Waals surface area contributed by atoms with Crippen LogP contribution in [0.5, 0.6) is 0 Å². The summed E-state index contributed by atoms with van der Waals surface area (Å²) in [4.78, 5) is 19.3. The number of carbonyl (C=O) groups excluding carboxylic acids is 1. The van der Waals surface area contributed by atoms with E-state index in [9.17, 15) is 4.79 Å². The number of nitrogen functional groups attached to an aromatic ring is 1. The van der Waals surface area contributed by atoms with Crippen LogP contribution in [-0.4, -0.2) is 22.8 Å². The number of hydrogen-bond acceptors (Lipinski definition) is 4. The van der Waals surface area contributed by atoms with Gasteiger partial charge in [-0.3, -0.25) is 4.79 Å². The number of nitrogens with two attached hydrogens (primary N) is 1. The maximum atomic E-state index is 12.4. The number of benzene rings is 1. The molecule has 1 heterocycles. The van der Waals surface area contributed by atoms with Crippen molar-refractivity contribution >= 4 is 22.9 Å². The average molecular weight is 275 g/mol. The fourth-order valence-corrected chi connectivity index (χ4v) is 2.72. The van der Waals surface area contributed by atoms with E-state index in [0.29, 0.717) is 17.8 Å². The lowest BCUT2D eigenvalue weighted by Gasteiger charge is -2.18. The molecule has 5 heteroatoms. The highest BCUT2D eigenvalue weighted by molar-refractivity contribution is 7.11. The summed E-state index contributed by atoms with van der Waals surface area (Å²) < 4.78 is 0. The van der Waals surface area contributed by atoms with Gasteiger partial charge < -0.3 is 10.6 Å². The average Bonchev–Trinajstić information content (AvgIpc) is 2.77. The Kier molecular flexibility index (Phi) is 3.85. The number of carbonyl (C=O) groups is 1. The van der Waals surface area contributed by atoms with Crippen LogP contribution in [0.15, 0.2) is 24.4 Å². The van der Waals surface area contributed by atoms with E-state index in [1.807, 2.05) is 26.1 Å². The molecule has 0 aliphatic heterocycles. The second-order valence-electron chi connectivity index (χ2n) is 4.53. The highest BCUT2D eigenvalue weighted by Crippen LogP contribution is 2.19. The SMILES string of the molecule is Cc1ncc(CN(C)C(=O)c2cccc(N)c2C)s1. The molecule has 0 aliphatic carbocycles. The highest BCUT2D eigenvalue weighted by Gasteiger charge is 2.16. The molecule has 2 aromatic rings. The van der Waals surface area contributed by atoms with Gasteiger partial charge in [0.15, 0.2) is 0 Å². The Hall–Kier alpha value is -1.88. The number of nitrogens with zero attached hydrogens (tertiary/aromatic N) is 2. The van der Waals surface area contributed by atoms with Gasteiger partial charge in [0.1, 0.15) is 0 Å². The Morgan fingerprint density at radius 1 is 1.42 bits per heavy atom. The molecule has 0 aliphatic rings. The lowest BCUT2D eigenvalue weighted by atomic mass is 10.1. The molecule has 0 fully saturated rings. The fraction of sp³-hybridized carbons (Fsp3) is 0.286. The molecule has 100 valence electrons. The van der Waals surface area contributed by atoms with E-state index in [1.54, 1.807) is 35.4 Å². The van der Waals surface area contributed by atoms with E-state index in [0.717, 1.165) is 15.4 Å². The van der Waals surface area contributed by atoms with Crippen molar-refractivity contribution in [3.63, 3.8) is 0 Å². The first-order valence-corrected chi connectivity index (χ1v) is 6.82. The van der Waals surface area contributed by atoms with E-state index in [2.05, 4.69) is 4.98 Å². The standard InChI is InChI=1S/C14H17N3OS/c1-9-12(5-4-6-13(9)15)14(18)17(3)8-11-7-16-10(2)19-11/h4-7H,8,15H2,1-3H3. The molecule has 2 rings (SSSR count). The molecule has 0 atom stereocenters. The fourth-order valence-electron chi connectivity index (χ4n) is 1.87. The van der Waals surface area contributed by atoms with Crippen molar-refractivity contribution < 1.29 is 4.79 Å². The highest BCUT2D eigenvalue weighted by atomic mass is 32.1. The van der Waals surface area contributed by atoms with Crippen LogP contribution in [0.3, 0.4) is 0 Å². The first kappa shape index (κ1) is 13.5. The normalized spacial score (nSPS) is 10.5. The zero-order valence-corrected chi connectivity index (χ0v) is 12.1. The van der Waals surface area contributed by atoms with Crippen LogP contribution in [0.1, 0.15) is 25.8 Å². The molecule has 0 bridgehead atoms. The summed E-state index contributed by atoms with van der Waals surface area (Å²) in [5, 5.41) is 1.01. The summed E-state index contributed by atoms with van der Waals surface area (Å²) in [6.07, 6.45) is 1.82. The van der Waals surface area contributed by atoms with Gasteiger partial charge in [-0.25, -0.2) is 4.98 Å². The predicted octanol–water partition coefficient (Wildman–Crippen LogP) is 2.61. The van der Waals surface area contributed by atoms with Gasteiger partial charge in [0.05, 0.1) is 11.6 Å². The molecule has 1 aromatic carbocycles. The summed E-state index contributed by atoms with van der Waals surface area (Å²) in [6.45, 7) is 4.39. The Bertz CT molecular complexity index is 606. The van der Waals surface area contributed by atoms with E-state index in [4.69, 9.17) is 5.73 Å². The molecule has 2 N–H and O–H groups in total. The number of hydrogen-bond donors (Lipinski definition) is 1. The number of amides is 1. The lowest BCUT2D eigenvalue weighted by Crippen LogP contribution is -2.26. The summed E-state index contributed by atoms with van der Waals surface area (Å²) in [5.74, 6) is -0.0177. The van der Waals surface area contributed by atoms with Crippen LogP contribution in [0.2, 0.25) is 0 Å². The largest absolute Gasteiger partial charge is 0.398 e. The maximum absolute atomic E-state index is 12.4. The van der Waals surface area contributed by atoms with Crippen molar-refractivity contribution in [3.05, 3.63) is 45.4 Å². The van der Waals surface area contributed by atoms with Crippen molar-refractivity contribution in [2.75, 3.05) is 12.8 Å². The van der Waals surface area contributed by atoms with Crippen molar-refractivity contribution in [3.8, 4) is 0 Å². The topological polar surface area (TPSA) is 59.2 Å². The molecule has 1 amide bonds. The van der Waals surface area contributed by atoms with Crippen molar-refractivity contribution in [1.29, 1.82) is 0 Å². The van der Waals surface area contributed by atoms with Crippen molar-refractivity contribution in [2.45, 2.75) is 20.4 Å². The van der Waals surface area contributed by atoms with Gasteiger partial charge in [0.2, 0.25) is 0 Å². The summed E-state index contributed by atoms with van der Waals surface area (Å²) in [7, 11) is 1.79. The smallest absolute Gasteiger partial charge is 0.254 e. The van der Waals surface area contributed by atoms with Gasteiger partial charge in [0, 0.05) is 29.4 Å². The van der Waals surface area contributed by atoms with Crippen LogP contribution in [0.4, 0.5) is 5.69 Å². The number of rotatable bonds is 3. The van der Waals surface area contributed by atoms with Gasteiger partial charge >= 0.3 is 0 Å². The lowest BCUT2D eigenvalue weighted by molar-refractivity contribution is 0.0786. The van der Waals surface area contributed by atoms with Gasteiger partial charge in [-0.1, -0.05) is 6.07 Å². The van der Waals surface area contributed by atoms with E-state index in [-0.39, 0.29) is 5.91 Å². The summed E-state index contributed by atoms with van der Waals surface area (Å²) in [5.41, 5.74) is 7.97. The van der Waals surface area contributed by atoms with E-state index in [1.165, 1.54) is 0 Å². The zero-order chi connectivity index (χ0) is 14.0. The van der Waals surface area contributed by atoms with Gasteiger partial charge in [-0.2, -0.15) is 0 Å². The van der Waals surface area contributed by atoms with Crippen molar-refractivity contribution in [1.82, 2.24) is 9.88 Å². The minimum Gasteiger partial charge on any atom is -0.398 e. The quantitative estimate of drug-likeness (QED) is 0.876. The van der Waals surface area contributed by atoms with Crippen LogP contribution in [-0.2, 0) is 6.54 Å². The van der Waals surface area contributed by atoms with Crippen LogP contribution >= 0.6 is 11.3 Å². The number of thiazole rings is 1. The first-order valence-electron chi connectivity index (χ1n) is 6.01. The van der Waals surface area contributed by atoms with E-state index >= 15 is 0 Å². The Morgan fingerprint density at radius 2 is 2.16 bits per heavy atom. The predicted molar refractivity (Wildman–Crippen MR) is 78.2 cm³/mol. The minimum absolute atomic E-state index is 0.0177. The van der Waals surface area contributed by atoms with Gasteiger partial charge in [-0.05, 0) is 31.5 Å². The third kappa shape index (κ3) is 2.93. The molecule has 0 saturated heterocycles. The molecule has 0 unspecified atom stereocenters. The summed E-state index contributed by atoms with van der Waals surface area (Å²) in [6, 6.07) is 5.42. The van der Waals surface area contributed by atoms with E-state index < -0.39 is 0 Å². The molecule has 0 spiro atoms. The van der Waals surface area contributed by atoms with Crippen molar-refractivity contribution in [2.24, 2.45) is 0 Å². The first-order chi connectivity index (χ1) is 8.99. The monoisotopic (exact) mass is 275 g/mol. The molecule has 0 radical (unpaired) electrons. The third-order valence-corrected chi connectivity index (χ3v) is 3.91. The molecule has 1 aromatic heterocycles. The molecular formula is C14H17N3OS. The molecule has 4 nitrogen and oxygen atoms in total. The number of aryl methyl sites for hydroxylation is 1. The second kappa shape index (κ2) is 5.40. The van der Waals surface area contributed by atoms with Gasteiger partial charge in [-0.15, -0.1) is 11.3 Å². The zero-order valence-electron chi connectivity index (χ0n) is 11.3. The Morgan fingerprint density at radius 3 is 2.79 bits per heavy atom. The Labute approximate surface area is 116 Å². The Balaban J connectivity index is 2.17. The van der Waals surface area contributed by atoms with Crippen LogP contribution < -0.4 is 5.73 Å². The molecular weight excluding hydrogens is 258 g/mol. The van der Waals surface area contributed by atoms with Crippen LogP contribution in [0, 0.1) is 13.8 Å². The maximum Gasteiger partial charge on any atom is 0.254 e.